The first-order valence-electron chi connectivity index (χ1n) is 9.87. The molecule has 0 bridgehead atoms. The maximum absolute atomic E-state index is 13.3. The van der Waals surface area contributed by atoms with Gasteiger partial charge in [-0.05, 0) is 38.0 Å². The normalized spacial score (nSPS) is 19.0. The summed E-state index contributed by atoms with van der Waals surface area (Å²) >= 11 is 0. The van der Waals surface area contributed by atoms with Crippen molar-refractivity contribution < 1.29 is 4.39 Å². The molecule has 4 aromatic rings. The molecule has 154 valence electrons. The third-order valence-electron chi connectivity index (χ3n) is 5.77. The Bertz CT molecular complexity index is 1360. The number of aromatic nitrogens is 7. The van der Waals surface area contributed by atoms with Gasteiger partial charge >= 0.3 is 0 Å². The first kappa shape index (κ1) is 19.0. The van der Waals surface area contributed by atoms with E-state index in [9.17, 15) is 14.4 Å². The first-order chi connectivity index (χ1) is 15.1. The van der Waals surface area contributed by atoms with Gasteiger partial charge in [0.2, 0.25) is 0 Å². The van der Waals surface area contributed by atoms with Crippen LogP contribution in [-0.4, -0.2) is 34.7 Å². The number of fused-ring (bicyclic) bond motifs is 1. The second-order valence-corrected chi connectivity index (χ2v) is 7.53. The molecular formula is C21H17FN8O. The molecule has 1 aliphatic carbocycles. The molecular weight excluding hydrogens is 399 g/mol. The van der Waals surface area contributed by atoms with Gasteiger partial charge in [-0.15, -0.1) is 0 Å². The predicted octanol–water partition coefficient (Wildman–Crippen LogP) is 2.59. The molecule has 0 aromatic carbocycles. The smallest absolute Gasteiger partial charge is 0.263 e. The van der Waals surface area contributed by atoms with Gasteiger partial charge in [0.1, 0.15) is 28.9 Å². The number of hydrogen-bond donors (Lipinski definition) is 1. The lowest BCUT2D eigenvalue weighted by Gasteiger charge is -2.34. The minimum atomic E-state index is -0.456. The summed E-state index contributed by atoms with van der Waals surface area (Å²) in [5, 5.41) is 13.9. The van der Waals surface area contributed by atoms with Crippen LogP contribution in [0.2, 0.25) is 0 Å². The second-order valence-electron chi connectivity index (χ2n) is 7.53. The number of pyridine rings is 1. The van der Waals surface area contributed by atoms with E-state index in [-0.39, 0.29) is 22.9 Å². The molecule has 0 radical (unpaired) electrons. The lowest BCUT2D eigenvalue weighted by molar-refractivity contribution is 0.318. The highest BCUT2D eigenvalue weighted by atomic mass is 19.1. The van der Waals surface area contributed by atoms with E-state index in [2.05, 4.69) is 25.0 Å². The van der Waals surface area contributed by atoms with Crippen LogP contribution < -0.4 is 5.56 Å². The molecule has 0 aliphatic heterocycles. The molecule has 1 fully saturated rings. The Balaban J connectivity index is 1.61. The van der Waals surface area contributed by atoms with Gasteiger partial charge in [-0.25, -0.2) is 24.0 Å². The lowest BCUT2D eigenvalue weighted by atomic mass is 9.72. The van der Waals surface area contributed by atoms with Crippen molar-refractivity contribution in [3.8, 4) is 6.07 Å². The number of rotatable bonds is 4. The number of nitrogens with zero attached hydrogens (tertiary/aromatic N) is 7. The fourth-order valence-corrected chi connectivity index (χ4v) is 3.98. The Morgan fingerprint density at radius 2 is 2.00 bits per heavy atom. The monoisotopic (exact) mass is 416 g/mol. The fraction of sp³-hybridized carbons (Fsp3) is 0.286. The van der Waals surface area contributed by atoms with Gasteiger partial charge in [-0.2, -0.15) is 10.4 Å². The van der Waals surface area contributed by atoms with Crippen LogP contribution in [0.25, 0.3) is 11.0 Å². The van der Waals surface area contributed by atoms with Crippen LogP contribution >= 0.6 is 0 Å². The van der Waals surface area contributed by atoms with Crippen LogP contribution in [-0.2, 0) is 0 Å². The Hall–Kier alpha value is -4.00. The zero-order valence-electron chi connectivity index (χ0n) is 16.5. The van der Waals surface area contributed by atoms with Crippen molar-refractivity contribution >= 4 is 11.0 Å². The van der Waals surface area contributed by atoms with Crippen molar-refractivity contribution in [2.45, 2.75) is 37.6 Å². The van der Waals surface area contributed by atoms with Crippen LogP contribution in [0.1, 0.15) is 60.7 Å². The molecule has 4 aromatic heterocycles. The summed E-state index contributed by atoms with van der Waals surface area (Å²) in [6.07, 6.45) is 6.25. The Morgan fingerprint density at radius 1 is 1.23 bits per heavy atom. The second kappa shape index (κ2) is 7.36. The molecule has 9 nitrogen and oxygen atoms in total. The standard InChI is InChI=1S/C21H17FN8O/c1-11(15-6-3-12(22)10-26-15)30-20-17(16(9-23)29-30)21(31)28-19(27-20)14-5-4-13(14)18-24-7-2-8-25-18/h2-3,6-8,10-11,13-14H,4-5H2,1H3,(H,27,28,31)/t11?,13-,14+/m0/s1. The molecule has 0 spiro atoms. The zero-order valence-corrected chi connectivity index (χ0v) is 16.5. The number of aromatic amines is 1. The highest BCUT2D eigenvalue weighted by molar-refractivity contribution is 5.80. The summed E-state index contributed by atoms with van der Waals surface area (Å²) in [6, 6.07) is 6.12. The first-order valence-corrected chi connectivity index (χ1v) is 9.87. The molecule has 10 heteroatoms. The summed E-state index contributed by atoms with van der Waals surface area (Å²) in [4.78, 5) is 33.2. The van der Waals surface area contributed by atoms with Crippen LogP contribution in [0.4, 0.5) is 4.39 Å². The molecule has 0 amide bonds. The molecule has 1 saturated carbocycles. The van der Waals surface area contributed by atoms with Crippen LogP contribution in [0, 0.1) is 17.1 Å². The summed E-state index contributed by atoms with van der Waals surface area (Å²) < 4.78 is 14.8. The highest BCUT2D eigenvalue weighted by Gasteiger charge is 2.37. The molecule has 3 atom stereocenters. The van der Waals surface area contributed by atoms with Gasteiger partial charge in [0.05, 0.1) is 17.9 Å². The Labute approximate surface area is 175 Å². The minimum Gasteiger partial charge on any atom is -0.310 e. The fourth-order valence-electron chi connectivity index (χ4n) is 3.98. The van der Waals surface area contributed by atoms with E-state index < -0.39 is 17.4 Å². The molecule has 31 heavy (non-hydrogen) atoms. The number of halogens is 1. The van der Waals surface area contributed by atoms with E-state index in [1.165, 1.54) is 10.7 Å². The van der Waals surface area contributed by atoms with E-state index in [1.807, 2.05) is 6.07 Å². The Kier molecular flexibility index (Phi) is 4.51. The lowest BCUT2D eigenvalue weighted by Crippen LogP contribution is -2.28. The van der Waals surface area contributed by atoms with Crippen molar-refractivity contribution in [1.29, 1.82) is 5.26 Å². The van der Waals surface area contributed by atoms with Crippen LogP contribution in [0.15, 0.2) is 41.6 Å². The van der Waals surface area contributed by atoms with Crippen LogP contribution in [0.3, 0.4) is 0 Å². The zero-order chi connectivity index (χ0) is 21.5. The van der Waals surface area contributed by atoms with E-state index in [0.29, 0.717) is 17.2 Å². The molecule has 1 aliphatic rings. The number of hydrogen-bond acceptors (Lipinski definition) is 7. The molecule has 0 saturated heterocycles. The van der Waals surface area contributed by atoms with Crippen molar-refractivity contribution in [3.05, 3.63) is 76.0 Å². The number of H-pyrrole nitrogens is 1. The molecule has 4 heterocycles. The average Bonchev–Trinajstić information content (AvgIpc) is 3.13. The number of nitriles is 1. The molecule has 5 rings (SSSR count). The third kappa shape index (κ3) is 3.15. The molecule has 1 N–H and O–H groups in total. The minimum absolute atomic E-state index is 0.0131. The highest BCUT2D eigenvalue weighted by Crippen LogP contribution is 2.46. The van der Waals surface area contributed by atoms with Gasteiger partial charge in [-0.1, -0.05) is 0 Å². The number of nitrogens with one attached hydrogen (secondary N) is 1. The van der Waals surface area contributed by atoms with Gasteiger partial charge < -0.3 is 4.98 Å². The summed E-state index contributed by atoms with van der Waals surface area (Å²) in [5.74, 6) is 0.815. The van der Waals surface area contributed by atoms with E-state index >= 15 is 0 Å². The average molecular weight is 416 g/mol. The van der Waals surface area contributed by atoms with Crippen molar-refractivity contribution in [3.63, 3.8) is 0 Å². The van der Waals surface area contributed by atoms with Crippen molar-refractivity contribution in [2.75, 3.05) is 0 Å². The maximum Gasteiger partial charge on any atom is 0.263 e. The SMILES string of the molecule is CC(c1ccc(F)cn1)n1nc(C#N)c2c(=O)[nH]c([C@@H]3CC[C@@H]3c3ncccn3)nc21. The predicted molar refractivity (Wildman–Crippen MR) is 108 cm³/mol. The van der Waals surface area contributed by atoms with Gasteiger partial charge in [-0.3, -0.25) is 9.78 Å². The quantitative estimate of drug-likeness (QED) is 0.542. The molecule has 1 unspecified atom stereocenters. The summed E-state index contributed by atoms with van der Waals surface area (Å²) in [7, 11) is 0. The summed E-state index contributed by atoms with van der Waals surface area (Å²) in [5.41, 5.74) is 0.411. The van der Waals surface area contributed by atoms with Crippen molar-refractivity contribution in [2.24, 2.45) is 0 Å². The maximum atomic E-state index is 13.3. The van der Waals surface area contributed by atoms with E-state index in [0.717, 1.165) is 24.9 Å². The van der Waals surface area contributed by atoms with Gasteiger partial charge in [0, 0.05) is 24.2 Å². The van der Waals surface area contributed by atoms with Gasteiger partial charge in [0.15, 0.2) is 11.3 Å². The van der Waals surface area contributed by atoms with Crippen LogP contribution in [0.5, 0.6) is 0 Å². The Morgan fingerprint density at radius 3 is 2.65 bits per heavy atom. The largest absolute Gasteiger partial charge is 0.310 e. The van der Waals surface area contributed by atoms with Crippen molar-refractivity contribution in [1.82, 2.24) is 34.7 Å². The summed E-state index contributed by atoms with van der Waals surface area (Å²) in [6.45, 7) is 1.81. The van der Waals surface area contributed by atoms with E-state index in [4.69, 9.17) is 4.98 Å². The third-order valence-corrected chi connectivity index (χ3v) is 5.77. The van der Waals surface area contributed by atoms with E-state index in [1.54, 1.807) is 31.5 Å². The van der Waals surface area contributed by atoms with Gasteiger partial charge in [0.25, 0.3) is 5.56 Å². The topological polar surface area (TPSA) is 126 Å².